The predicted octanol–water partition coefficient (Wildman–Crippen LogP) is 2.89. The van der Waals surface area contributed by atoms with E-state index in [4.69, 9.17) is 5.73 Å². The van der Waals surface area contributed by atoms with Gasteiger partial charge in [0.15, 0.2) is 0 Å². The van der Waals surface area contributed by atoms with Crippen molar-refractivity contribution in [2.75, 3.05) is 0 Å². The van der Waals surface area contributed by atoms with Crippen LogP contribution in [0.1, 0.15) is 43.5 Å². The molecule has 0 spiro atoms. The summed E-state index contributed by atoms with van der Waals surface area (Å²) in [5.41, 5.74) is 9.41. The van der Waals surface area contributed by atoms with Crippen LogP contribution in [-0.4, -0.2) is 11.9 Å². The number of carbonyl (C=O) groups is 1. The molecule has 4 heteroatoms. The summed E-state index contributed by atoms with van der Waals surface area (Å²) in [6.07, 6.45) is 0. The van der Waals surface area contributed by atoms with Crippen molar-refractivity contribution < 1.29 is 4.79 Å². The molecule has 1 rings (SSSR count). The van der Waals surface area contributed by atoms with E-state index < -0.39 is 6.04 Å². The van der Waals surface area contributed by atoms with E-state index in [-0.39, 0.29) is 30.3 Å². The molecule has 0 aromatic heterocycles. The molecule has 0 aliphatic heterocycles. The monoisotopic (exact) mass is 284 g/mol. The third-order valence-corrected chi connectivity index (χ3v) is 3.27. The molecule has 0 aliphatic carbocycles. The molecule has 0 saturated carbocycles. The van der Waals surface area contributed by atoms with Crippen LogP contribution < -0.4 is 11.1 Å². The van der Waals surface area contributed by atoms with E-state index in [1.165, 1.54) is 11.1 Å². The quantitative estimate of drug-likeness (QED) is 0.893. The predicted molar refractivity (Wildman–Crippen MR) is 82.5 cm³/mol. The van der Waals surface area contributed by atoms with Crippen LogP contribution in [0.15, 0.2) is 18.2 Å². The van der Waals surface area contributed by atoms with Crippen molar-refractivity contribution in [2.24, 2.45) is 11.7 Å². The summed E-state index contributed by atoms with van der Waals surface area (Å²) < 4.78 is 0. The maximum atomic E-state index is 11.9. The van der Waals surface area contributed by atoms with E-state index in [2.05, 4.69) is 37.4 Å². The van der Waals surface area contributed by atoms with Gasteiger partial charge >= 0.3 is 0 Å². The Morgan fingerprint density at radius 3 is 2.26 bits per heavy atom. The van der Waals surface area contributed by atoms with Gasteiger partial charge < -0.3 is 11.1 Å². The number of hydrogen-bond donors (Lipinski definition) is 2. The van der Waals surface area contributed by atoms with E-state index in [1.54, 1.807) is 0 Å². The molecule has 2 atom stereocenters. The lowest BCUT2D eigenvalue weighted by molar-refractivity contribution is -0.123. The molecule has 0 radical (unpaired) electrons. The Kier molecular flexibility index (Phi) is 7.09. The highest BCUT2D eigenvalue weighted by molar-refractivity contribution is 5.85. The van der Waals surface area contributed by atoms with Crippen molar-refractivity contribution in [1.29, 1.82) is 0 Å². The van der Waals surface area contributed by atoms with Crippen LogP contribution in [0.25, 0.3) is 0 Å². The Morgan fingerprint density at radius 1 is 1.21 bits per heavy atom. The van der Waals surface area contributed by atoms with Gasteiger partial charge in [-0.15, -0.1) is 12.4 Å². The van der Waals surface area contributed by atoms with Crippen LogP contribution in [0.4, 0.5) is 0 Å². The minimum Gasteiger partial charge on any atom is -0.348 e. The number of nitrogens with one attached hydrogen (secondary N) is 1. The van der Waals surface area contributed by atoms with Gasteiger partial charge in [-0.05, 0) is 37.8 Å². The Labute approximate surface area is 122 Å². The van der Waals surface area contributed by atoms with Gasteiger partial charge in [0.2, 0.25) is 5.91 Å². The van der Waals surface area contributed by atoms with Crippen LogP contribution in [0.3, 0.4) is 0 Å². The molecule has 108 valence electrons. The topological polar surface area (TPSA) is 55.1 Å². The number of amides is 1. The molecule has 0 aliphatic rings. The molecule has 0 fully saturated rings. The van der Waals surface area contributed by atoms with Gasteiger partial charge in [0.1, 0.15) is 0 Å². The number of carbonyl (C=O) groups excluding carboxylic acids is 1. The number of halogens is 1. The molecule has 0 bridgehead atoms. The van der Waals surface area contributed by atoms with Crippen molar-refractivity contribution in [2.45, 2.75) is 46.7 Å². The zero-order chi connectivity index (χ0) is 13.9. The normalized spacial score (nSPS) is 13.6. The molecular weight excluding hydrogens is 260 g/mol. The minimum atomic E-state index is -0.446. The molecule has 0 saturated heterocycles. The maximum Gasteiger partial charge on any atom is 0.237 e. The first kappa shape index (κ1) is 17.9. The third kappa shape index (κ3) is 4.84. The number of nitrogens with two attached hydrogens (primary N) is 1. The van der Waals surface area contributed by atoms with Crippen LogP contribution >= 0.6 is 12.4 Å². The van der Waals surface area contributed by atoms with Crippen molar-refractivity contribution in [3.63, 3.8) is 0 Å². The largest absolute Gasteiger partial charge is 0.348 e. The van der Waals surface area contributed by atoms with E-state index >= 15 is 0 Å². The Balaban J connectivity index is 0.00000324. The molecule has 1 aromatic rings. The fourth-order valence-corrected chi connectivity index (χ4v) is 2.00. The van der Waals surface area contributed by atoms with Crippen LogP contribution in [0.5, 0.6) is 0 Å². The zero-order valence-electron chi connectivity index (χ0n) is 12.4. The van der Waals surface area contributed by atoms with Crippen molar-refractivity contribution in [3.8, 4) is 0 Å². The lowest BCUT2D eigenvalue weighted by Crippen LogP contribution is -2.44. The molecule has 0 heterocycles. The van der Waals surface area contributed by atoms with E-state index in [0.717, 1.165) is 5.56 Å². The number of hydrogen-bond acceptors (Lipinski definition) is 2. The standard InChI is InChI=1S/C15H24N2O.ClH/c1-9(2)14(16)15(18)17-12(5)13-7-6-10(3)8-11(13)4;/h6-9,12,14H,16H2,1-5H3,(H,17,18);1H/t12?,14-;/m0./s1. The maximum absolute atomic E-state index is 11.9. The molecule has 3 nitrogen and oxygen atoms in total. The second-order valence-corrected chi connectivity index (χ2v) is 5.36. The molecular formula is C15H25ClN2O. The molecule has 1 unspecified atom stereocenters. The van der Waals surface area contributed by atoms with E-state index in [9.17, 15) is 4.79 Å². The highest BCUT2D eigenvalue weighted by atomic mass is 35.5. The first-order valence-corrected chi connectivity index (χ1v) is 6.46. The lowest BCUT2D eigenvalue weighted by Gasteiger charge is -2.21. The summed E-state index contributed by atoms with van der Waals surface area (Å²) >= 11 is 0. The van der Waals surface area contributed by atoms with Gasteiger partial charge in [-0.2, -0.15) is 0 Å². The van der Waals surface area contributed by atoms with Gasteiger partial charge in [-0.3, -0.25) is 4.79 Å². The summed E-state index contributed by atoms with van der Waals surface area (Å²) in [4.78, 5) is 11.9. The fourth-order valence-electron chi connectivity index (χ4n) is 2.00. The van der Waals surface area contributed by atoms with Gasteiger partial charge in [0, 0.05) is 0 Å². The first-order chi connectivity index (χ1) is 8.32. The lowest BCUT2D eigenvalue weighted by atomic mass is 9.99. The smallest absolute Gasteiger partial charge is 0.237 e. The highest BCUT2D eigenvalue weighted by Gasteiger charge is 2.19. The van der Waals surface area contributed by atoms with Gasteiger partial charge in [0.05, 0.1) is 12.1 Å². The highest BCUT2D eigenvalue weighted by Crippen LogP contribution is 2.18. The number of rotatable bonds is 4. The van der Waals surface area contributed by atoms with Crippen LogP contribution in [0.2, 0.25) is 0 Å². The van der Waals surface area contributed by atoms with E-state index in [1.807, 2.05) is 20.8 Å². The Morgan fingerprint density at radius 2 is 1.79 bits per heavy atom. The summed E-state index contributed by atoms with van der Waals surface area (Å²) in [6.45, 7) is 10.0. The molecule has 3 N–H and O–H groups in total. The third-order valence-electron chi connectivity index (χ3n) is 3.27. The van der Waals surface area contributed by atoms with Crippen molar-refractivity contribution in [1.82, 2.24) is 5.32 Å². The zero-order valence-corrected chi connectivity index (χ0v) is 13.2. The average Bonchev–Trinajstić information content (AvgIpc) is 2.27. The van der Waals surface area contributed by atoms with Crippen LogP contribution in [0, 0.1) is 19.8 Å². The average molecular weight is 285 g/mol. The molecule has 19 heavy (non-hydrogen) atoms. The van der Waals surface area contributed by atoms with Gasteiger partial charge in [0.25, 0.3) is 0 Å². The summed E-state index contributed by atoms with van der Waals surface area (Å²) in [5, 5.41) is 2.97. The van der Waals surface area contributed by atoms with E-state index in [0.29, 0.717) is 0 Å². The van der Waals surface area contributed by atoms with Crippen molar-refractivity contribution in [3.05, 3.63) is 34.9 Å². The first-order valence-electron chi connectivity index (χ1n) is 6.46. The second kappa shape index (κ2) is 7.51. The minimum absolute atomic E-state index is 0. The Bertz CT molecular complexity index is 432. The Hall–Kier alpha value is -1.06. The summed E-state index contributed by atoms with van der Waals surface area (Å²) in [5.74, 6) is 0.0637. The van der Waals surface area contributed by atoms with Gasteiger partial charge in [-0.1, -0.05) is 37.6 Å². The van der Waals surface area contributed by atoms with Crippen molar-refractivity contribution >= 4 is 18.3 Å². The van der Waals surface area contributed by atoms with Gasteiger partial charge in [-0.25, -0.2) is 0 Å². The molecule has 1 amide bonds. The summed E-state index contributed by atoms with van der Waals surface area (Å²) in [7, 11) is 0. The number of benzene rings is 1. The SMILES string of the molecule is Cc1ccc(C(C)NC(=O)[C@@H](N)C(C)C)c(C)c1.Cl. The number of aryl methyl sites for hydroxylation is 2. The molecule has 1 aromatic carbocycles. The fraction of sp³-hybridized carbons (Fsp3) is 0.533. The summed E-state index contributed by atoms with van der Waals surface area (Å²) in [6, 6.07) is 5.80. The van der Waals surface area contributed by atoms with Crippen LogP contribution in [-0.2, 0) is 4.79 Å². The second-order valence-electron chi connectivity index (χ2n) is 5.36.